The fourth-order valence-corrected chi connectivity index (χ4v) is 10.8. The fourth-order valence-electron chi connectivity index (χ4n) is 10.8. The molecule has 5 nitrogen and oxygen atoms in total. The molecule has 2 saturated heterocycles. The Morgan fingerprint density at radius 1 is 0.838 bits per heavy atom. The van der Waals surface area contributed by atoms with E-state index in [1.807, 2.05) is 6.82 Å². The summed E-state index contributed by atoms with van der Waals surface area (Å²) < 4.78 is 25.1. The second-order valence-corrected chi connectivity index (χ2v) is 14.9. The van der Waals surface area contributed by atoms with Crippen LogP contribution in [0.4, 0.5) is 0 Å². The maximum atomic E-state index is 13.8. The van der Waals surface area contributed by atoms with Crippen LogP contribution in [0.5, 0.6) is 0 Å². The molecule has 13 atom stereocenters. The van der Waals surface area contributed by atoms with E-state index in [2.05, 4.69) is 48.4 Å². The minimum Gasteiger partial charge on any atom is -0.406 e. The van der Waals surface area contributed by atoms with Crippen LogP contribution in [0.25, 0.3) is 0 Å². The summed E-state index contributed by atoms with van der Waals surface area (Å²) >= 11 is 0. The van der Waals surface area contributed by atoms with Gasteiger partial charge in [-0.2, -0.15) is 0 Å². The SMILES string of the molecule is CB1O[C@H]([C@@H](C)[C@H]2CCC3C4CC(=O)[C@H]5C[C@@H]6OB(C)O[C@@H]6C[C@]5(C)C4CC[C@@]32C)[C@@H]([C@@H](C)C(C)C)O1. The Labute approximate surface area is 226 Å². The van der Waals surface area contributed by atoms with Crippen molar-refractivity contribution in [3.8, 4) is 0 Å². The molecule has 37 heavy (non-hydrogen) atoms. The van der Waals surface area contributed by atoms with Gasteiger partial charge in [-0.05, 0) is 104 Å². The van der Waals surface area contributed by atoms with Crippen molar-refractivity contribution in [2.45, 2.75) is 125 Å². The van der Waals surface area contributed by atoms with Crippen molar-refractivity contribution in [3.63, 3.8) is 0 Å². The molecule has 4 aliphatic carbocycles. The molecule has 0 aromatic rings. The summed E-state index contributed by atoms with van der Waals surface area (Å²) in [5.74, 6) is 4.59. The largest absolute Gasteiger partial charge is 0.454 e. The summed E-state index contributed by atoms with van der Waals surface area (Å²) in [6.07, 6.45) is 8.29. The molecule has 2 aliphatic heterocycles. The lowest BCUT2D eigenvalue weighted by molar-refractivity contribution is -0.164. The Kier molecular flexibility index (Phi) is 6.78. The van der Waals surface area contributed by atoms with Gasteiger partial charge in [0.2, 0.25) is 0 Å². The van der Waals surface area contributed by atoms with Crippen molar-refractivity contribution in [3.05, 3.63) is 0 Å². The Hall–Kier alpha value is -0.360. The number of rotatable bonds is 4. The average molecular weight is 512 g/mol. The predicted molar refractivity (Wildman–Crippen MR) is 147 cm³/mol. The first-order valence-electron chi connectivity index (χ1n) is 15.6. The van der Waals surface area contributed by atoms with Crippen LogP contribution < -0.4 is 0 Å². The van der Waals surface area contributed by atoms with Gasteiger partial charge in [0.05, 0.1) is 24.4 Å². The van der Waals surface area contributed by atoms with Crippen LogP contribution in [0, 0.1) is 58.2 Å². The fraction of sp³-hybridized carbons (Fsp3) is 0.967. The van der Waals surface area contributed by atoms with Crippen molar-refractivity contribution in [2.75, 3.05) is 0 Å². The first kappa shape index (κ1) is 26.8. The highest BCUT2D eigenvalue weighted by Gasteiger charge is 2.65. The van der Waals surface area contributed by atoms with Gasteiger partial charge in [0.1, 0.15) is 5.78 Å². The molecular formula is C30H50B2O5. The van der Waals surface area contributed by atoms with Crippen LogP contribution >= 0.6 is 0 Å². The summed E-state index contributed by atoms with van der Waals surface area (Å²) in [6.45, 7) is 18.5. The van der Waals surface area contributed by atoms with Gasteiger partial charge in [0.15, 0.2) is 0 Å². The van der Waals surface area contributed by atoms with Crippen molar-refractivity contribution in [2.24, 2.45) is 58.2 Å². The van der Waals surface area contributed by atoms with Crippen LogP contribution in [0.15, 0.2) is 0 Å². The highest BCUT2D eigenvalue weighted by Crippen LogP contribution is 2.68. The molecular weight excluding hydrogens is 462 g/mol. The van der Waals surface area contributed by atoms with E-state index in [0.29, 0.717) is 47.2 Å². The molecule has 6 rings (SSSR count). The number of hydrogen-bond acceptors (Lipinski definition) is 5. The van der Waals surface area contributed by atoms with Crippen LogP contribution in [-0.4, -0.2) is 44.4 Å². The van der Waals surface area contributed by atoms with E-state index < -0.39 is 0 Å². The zero-order valence-corrected chi connectivity index (χ0v) is 24.6. The highest BCUT2D eigenvalue weighted by atomic mass is 16.7. The van der Waals surface area contributed by atoms with E-state index >= 15 is 0 Å². The lowest BCUT2D eigenvalue weighted by Gasteiger charge is -2.61. The highest BCUT2D eigenvalue weighted by molar-refractivity contribution is 6.43. The third-order valence-corrected chi connectivity index (χ3v) is 13.0. The molecule has 2 heterocycles. The lowest BCUT2D eigenvalue weighted by atomic mass is 9.44. The van der Waals surface area contributed by atoms with Crippen LogP contribution in [-0.2, 0) is 23.4 Å². The van der Waals surface area contributed by atoms with E-state index in [-0.39, 0.29) is 55.4 Å². The van der Waals surface area contributed by atoms with Crippen molar-refractivity contribution < 1.29 is 23.4 Å². The van der Waals surface area contributed by atoms with E-state index in [0.717, 1.165) is 19.3 Å². The Balaban J connectivity index is 1.23. The van der Waals surface area contributed by atoms with Gasteiger partial charge in [-0.1, -0.05) is 41.5 Å². The molecule has 6 fully saturated rings. The van der Waals surface area contributed by atoms with Crippen LogP contribution in [0.3, 0.4) is 0 Å². The van der Waals surface area contributed by atoms with E-state index in [9.17, 15) is 4.79 Å². The lowest BCUT2D eigenvalue weighted by Crippen LogP contribution is -2.59. The van der Waals surface area contributed by atoms with Crippen molar-refractivity contribution in [1.29, 1.82) is 0 Å². The average Bonchev–Trinajstić information content (AvgIpc) is 3.50. The molecule has 0 bridgehead atoms. The standard InChI is InChI=1S/C30H50B2O5/c1-16(2)17(3)27-28(37-32(8)36-27)18(4)20-9-10-21-19-13-24(33)23-14-25-26(35-31(7)34-25)15-30(23,6)22(19)11-12-29(20,21)5/h16-23,25-28H,9-15H2,1-8H3/t17-,18-,19?,20+,21?,22?,23+,25-,26+,27+,28+,29+,30+/m0/s1. The zero-order valence-electron chi connectivity index (χ0n) is 24.6. The molecule has 0 amide bonds. The molecule has 4 saturated carbocycles. The Bertz CT molecular complexity index is 899. The van der Waals surface area contributed by atoms with Crippen LogP contribution in [0.1, 0.15) is 86.5 Å². The summed E-state index contributed by atoms with van der Waals surface area (Å²) in [7, 11) is -0.255. The molecule has 7 heteroatoms. The number of fused-ring (bicyclic) bond motifs is 6. The third-order valence-electron chi connectivity index (χ3n) is 13.0. The monoisotopic (exact) mass is 512 g/mol. The van der Waals surface area contributed by atoms with Crippen molar-refractivity contribution in [1.82, 2.24) is 0 Å². The van der Waals surface area contributed by atoms with Gasteiger partial charge < -0.3 is 18.6 Å². The smallest absolute Gasteiger partial charge is 0.406 e. The molecule has 0 aromatic heterocycles. The number of Topliss-reactive ketones (excluding diaryl/α,β-unsaturated/α-hetero) is 1. The van der Waals surface area contributed by atoms with Gasteiger partial charge >= 0.3 is 14.2 Å². The number of ketones is 1. The number of carbonyl (C=O) groups excluding carboxylic acids is 1. The quantitative estimate of drug-likeness (QED) is 0.422. The predicted octanol–water partition coefficient (Wildman–Crippen LogP) is 6.17. The molecule has 0 spiro atoms. The van der Waals surface area contributed by atoms with E-state index in [1.165, 1.54) is 25.7 Å². The zero-order chi connectivity index (χ0) is 26.4. The van der Waals surface area contributed by atoms with Gasteiger partial charge in [-0.25, -0.2) is 0 Å². The summed E-state index contributed by atoms with van der Waals surface area (Å²) in [5.41, 5.74) is 0.332. The van der Waals surface area contributed by atoms with E-state index in [1.54, 1.807) is 0 Å². The third kappa shape index (κ3) is 4.06. The van der Waals surface area contributed by atoms with Crippen molar-refractivity contribution >= 4 is 20.0 Å². The maximum absolute atomic E-state index is 13.8. The van der Waals surface area contributed by atoms with Gasteiger partial charge in [0.25, 0.3) is 0 Å². The Morgan fingerprint density at radius 3 is 2.22 bits per heavy atom. The minimum absolute atomic E-state index is 0.0508. The molecule has 0 radical (unpaired) electrons. The van der Waals surface area contributed by atoms with Gasteiger partial charge in [-0.15, -0.1) is 0 Å². The van der Waals surface area contributed by atoms with Gasteiger partial charge in [-0.3, -0.25) is 4.79 Å². The number of hydrogen-bond donors (Lipinski definition) is 0. The van der Waals surface area contributed by atoms with Crippen LogP contribution in [0.2, 0.25) is 13.6 Å². The second kappa shape index (κ2) is 9.35. The van der Waals surface area contributed by atoms with E-state index in [4.69, 9.17) is 18.6 Å². The maximum Gasteiger partial charge on any atom is 0.454 e. The second-order valence-electron chi connectivity index (χ2n) is 14.9. The normalized spacial score (nSPS) is 51.1. The first-order valence-corrected chi connectivity index (χ1v) is 15.6. The number of carbonyl (C=O) groups is 1. The topological polar surface area (TPSA) is 54.0 Å². The first-order chi connectivity index (χ1) is 17.4. The Morgan fingerprint density at radius 2 is 1.49 bits per heavy atom. The molecule has 0 N–H and O–H groups in total. The molecule has 206 valence electrons. The molecule has 0 aromatic carbocycles. The van der Waals surface area contributed by atoms with Gasteiger partial charge in [0, 0.05) is 12.3 Å². The summed E-state index contributed by atoms with van der Waals surface area (Å²) in [5, 5.41) is 0. The summed E-state index contributed by atoms with van der Waals surface area (Å²) in [6, 6.07) is 0. The molecule has 3 unspecified atom stereocenters. The minimum atomic E-state index is -0.136. The molecule has 6 aliphatic rings. The summed E-state index contributed by atoms with van der Waals surface area (Å²) in [4.78, 5) is 13.8.